The van der Waals surface area contributed by atoms with E-state index < -0.39 is 6.23 Å². The van der Waals surface area contributed by atoms with Crippen LogP contribution in [0.4, 0.5) is 0 Å². The Balaban J connectivity index is 1.83. The average Bonchev–Trinajstić information content (AvgIpc) is 2.02. The van der Waals surface area contributed by atoms with Crippen LogP contribution in [0.3, 0.4) is 0 Å². The number of likely N-dealkylation sites (tertiary alicyclic amines) is 1. The highest BCUT2D eigenvalue weighted by molar-refractivity contribution is 5.01. The van der Waals surface area contributed by atoms with E-state index >= 15 is 0 Å². The summed E-state index contributed by atoms with van der Waals surface area (Å²) in [6.45, 7) is 7.56. The third-order valence-electron chi connectivity index (χ3n) is 2.92. The van der Waals surface area contributed by atoms with Gasteiger partial charge in [-0.15, -0.1) is 0 Å². The fraction of sp³-hybridized carbons (Fsp3) is 1.00. The molecule has 2 saturated heterocycles. The second-order valence-electron chi connectivity index (χ2n) is 4.39. The molecule has 1 atom stereocenters. The minimum atomic E-state index is -0.473. The second kappa shape index (κ2) is 3.20. The highest BCUT2D eigenvalue weighted by Gasteiger charge is 2.47. The number of hydrogen-bond donors (Lipinski definition) is 2. The molecule has 0 saturated carbocycles. The molecule has 2 aliphatic heterocycles. The summed E-state index contributed by atoms with van der Waals surface area (Å²) in [4.78, 5) is 2.37. The smallest absolute Gasteiger partial charge is 0.128 e. The van der Waals surface area contributed by atoms with Crippen molar-refractivity contribution in [1.29, 1.82) is 0 Å². The summed E-state index contributed by atoms with van der Waals surface area (Å²) in [6.07, 6.45) is -0.473. The first-order valence-corrected chi connectivity index (χ1v) is 4.91. The first-order valence-electron chi connectivity index (χ1n) is 4.91. The summed E-state index contributed by atoms with van der Waals surface area (Å²) >= 11 is 0. The molecule has 0 aliphatic carbocycles. The van der Waals surface area contributed by atoms with E-state index in [4.69, 9.17) is 4.74 Å². The van der Waals surface area contributed by atoms with Crippen molar-refractivity contribution in [2.45, 2.75) is 31.7 Å². The van der Waals surface area contributed by atoms with Gasteiger partial charge < -0.3 is 9.84 Å². The van der Waals surface area contributed by atoms with Crippen LogP contribution in [0, 0.1) is 0 Å². The van der Waals surface area contributed by atoms with Gasteiger partial charge >= 0.3 is 0 Å². The molecular weight excluding hydrogens is 168 g/mol. The molecule has 0 aromatic carbocycles. The summed E-state index contributed by atoms with van der Waals surface area (Å²) in [7, 11) is 0. The highest BCUT2D eigenvalue weighted by Crippen LogP contribution is 2.28. The average molecular weight is 186 g/mol. The maximum absolute atomic E-state index is 9.19. The largest absolute Gasteiger partial charge is 0.376 e. The van der Waals surface area contributed by atoms with Crippen molar-refractivity contribution in [1.82, 2.24) is 10.2 Å². The summed E-state index contributed by atoms with van der Waals surface area (Å²) < 4.78 is 5.64. The van der Waals surface area contributed by atoms with Crippen LogP contribution in [0.5, 0.6) is 0 Å². The Labute approximate surface area is 78.9 Å². The highest BCUT2D eigenvalue weighted by atomic mass is 16.5. The zero-order chi connectivity index (χ0) is 9.47. The van der Waals surface area contributed by atoms with E-state index in [1.807, 2.05) is 0 Å². The van der Waals surface area contributed by atoms with Crippen molar-refractivity contribution >= 4 is 0 Å². The normalized spacial score (nSPS) is 33.7. The lowest BCUT2D eigenvalue weighted by molar-refractivity contribution is -0.195. The molecule has 0 radical (unpaired) electrons. The van der Waals surface area contributed by atoms with E-state index in [-0.39, 0.29) is 5.60 Å². The van der Waals surface area contributed by atoms with Gasteiger partial charge in [0.15, 0.2) is 0 Å². The summed E-state index contributed by atoms with van der Waals surface area (Å²) in [6, 6.07) is 0.598. The van der Waals surface area contributed by atoms with Gasteiger partial charge in [0.1, 0.15) is 11.8 Å². The molecule has 2 N–H and O–H groups in total. The number of ether oxygens (including phenoxy) is 1. The Morgan fingerprint density at radius 1 is 1.54 bits per heavy atom. The van der Waals surface area contributed by atoms with Crippen molar-refractivity contribution in [2.24, 2.45) is 0 Å². The fourth-order valence-electron chi connectivity index (χ4n) is 1.93. The number of nitrogens with zero attached hydrogens (tertiary/aromatic N) is 1. The van der Waals surface area contributed by atoms with E-state index in [0.29, 0.717) is 12.6 Å². The standard InChI is InChI=1S/C9H18N2O2/c1-7(2)11-5-9(6-11)4-10-8(12)3-13-9/h7-8,10,12H,3-6H2,1-2H3. The fourth-order valence-corrected chi connectivity index (χ4v) is 1.93. The minimum Gasteiger partial charge on any atom is -0.376 e. The van der Waals surface area contributed by atoms with Crippen molar-refractivity contribution in [3.05, 3.63) is 0 Å². The van der Waals surface area contributed by atoms with Crippen molar-refractivity contribution in [2.75, 3.05) is 26.2 Å². The topological polar surface area (TPSA) is 44.7 Å². The molecule has 2 rings (SSSR count). The number of rotatable bonds is 1. The van der Waals surface area contributed by atoms with Gasteiger partial charge in [-0.05, 0) is 13.8 Å². The quantitative estimate of drug-likeness (QED) is 0.573. The first kappa shape index (κ1) is 9.40. The van der Waals surface area contributed by atoms with Crippen molar-refractivity contribution < 1.29 is 9.84 Å². The van der Waals surface area contributed by atoms with E-state index in [1.165, 1.54) is 0 Å². The van der Waals surface area contributed by atoms with E-state index in [9.17, 15) is 5.11 Å². The zero-order valence-electron chi connectivity index (χ0n) is 8.29. The molecule has 4 heteroatoms. The summed E-state index contributed by atoms with van der Waals surface area (Å²) in [5.74, 6) is 0. The maximum Gasteiger partial charge on any atom is 0.128 e. The predicted molar refractivity (Wildman–Crippen MR) is 49.4 cm³/mol. The molecule has 0 aromatic rings. The molecule has 13 heavy (non-hydrogen) atoms. The van der Waals surface area contributed by atoms with Gasteiger partial charge in [0.25, 0.3) is 0 Å². The van der Waals surface area contributed by atoms with E-state index in [0.717, 1.165) is 19.6 Å². The number of nitrogens with one attached hydrogen (secondary N) is 1. The van der Waals surface area contributed by atoms with Gasteiger partial charge in [-0.1, -0.05) is 0 Å². The van der Waals surface area contributed by atoms with Crippen LogP contribution in [0.15, 0.2) is 0 Å². The van der Waals surface area contributed by atoms with Gasteiger partial charge in [0.05, 0.1) is 6.61 Å². The van der Waals surface area contributed by atoms with Crippen LogP contribution < -0.4 is 5.32 Å². The lowest BCUT2D eigenvalue weighted by atomic mass is 9.91. The van der Waals surface area contributed by atoms with Gasteiger partial charge in [0, 0.05) is 25.7 Å². The molecule has 0 amide bonds. The lowest BCUT2D eigenvalue weighted by Gasteiger charge is -2.54. The Kier molecular flexibility index (Phi) is 2.32. The number of aliphatic hydroxyl groups excluding tert-OH is 1. The molecule has 76 valence electrons. The summed E-state index contributed by atoms with van der Waals surface area (Å²) in [5, 5.41) is 12.2. The predicted octanol–water partition coefficient (Wildman–Crippen LogP) is -0.613. The first-order chi connectivity index (χ1) is 6.11. The van der Waals surface area contributed by atoms with Gasteiger partial charge in [-0.2, -0.15) is 0 Å². The molecule has 0 bridgehead atoms. The van der Waals surface area contributed by atoms with Crippen LogP contribution in [0.25, 0.3) is 0 Å². The second-order valence-corrected chi connectivity index (χ2v) is 4.39. The molecule has 1 unspecified atom stereocenters. The van der Waals surface area contributed by atoms with Crippen molar-refractivity contribution in [3.8, 4) is 0 Å². The number of morpholine rings is 1. The Bertz CT molecular complexity index is 180. The third kappa shape index (κ3) is 1.72. The van der Waals surface area contributed by atoms with Gasteiger partial charge in [-0.25, -0.2) is 0 Å². The molecule has 2 heterocycles. The number of aliphatic hydroxyl groups is 1. The van der Waals surface area contributed by atoms with Crippen LogP contribution in [-0.2, 0) is 4.74 Å². The Morgan fingerprint density at radius 2 is 2.23 bits per heavy atom. The lowest BCUT2D eigenvalue weighted by Crippen LogP contribution is -2.72. The SMILES string of the molecule is CC(C)N1CC2(CNC(O)CO2)C1. The molecule has 2 aliphatic rings. The Hall–Kier alpha value is -0.160. The summed E-state index contributed by atoms with van der Waals surface area (Å²) in [5.41, 5.74) is -0.0104. The molecule has 2 fully saturated rings. The monoisotopic (exact) mass is 186 g/mol. The van der Waals surface area contributed by atoms with E-state index in [1.54, 1.807) is 0 Å². The van der Waals surface area contributed by atoms with Gasteiger partial charge in [-0.3, -0.25) is 10.2 Å². The molecule has 1 spiro atoms. The minimum absolute atomic E-state index is 0.0104. The zero-order valence-corrected chi connectivity index (χ0v) is 8.29. The van der Waals surface area contributed by atoms with Crippen molar-refractivity contribution in [3.63, 3.8) is 0 Å². The molecule has 0 aromatic heterocycles. The Morgan fingerprint density at radius 3 is 2.69 bits per heavy atom. The van der Waals surface area contributed by atoms with Gasteiger partial charge in [0.2, 0.25) is 0 Å². The maximum atomic E-state index is 9.19. The van der Waals surface area contributed by atoms with E-state index in [2.05, 4.69) is 24.1 Å². The van der Waals surface area contributed by atoms with Crippen LogP contribution in [0.2, 0.25) is 0 Å². The molecular formula is C9H18N2O2. The van der Waals surface area contributed by atoms with Crippen LogP contribution in [-0.4, -0.2) is 54.1 Å². The van der Waals surface area contributed by atoms with Crippen LogP contribution >= 0.6 is 0 Å². The number of hydrogen-bond acceptors (Lipinski definition) is 4. The molecule has 4 nitrogen and oxygen atoms in total. The van der Waals surface area contributed by atoms with Crippen LogP contribution in [0.1, 0.15) is 13.8 Å². The third-order valence-corrected chi connectivity index (χ3v) is 2.92.